The third-order valence-electron chi connectivity index (χ3n) is 6.14. The molecule has 40 heavy (non-hydrogen) atoms. The Kier molecular flexibility index (Phi) is 7.60. The number of aryl methyl sites for hydroxylation is 1. The lowest BCUT2D eigenvalue weighted by atomic mass is 9.97. The third-order valence-corrected chi connectivity index (χ3v) is 8.38. The van der Waals surface area contributed by atoms with Gasteiger partial charge >= 0.3 is 12.1 Å². The summed E-state index contributed by atoms with van der Waals surface area (Å²) in [5, 5.41) is 13.4. The Hall–Kier alpha value is -3.84. The number of nitrogens with one attached hydrogen (secondary N) is 1. The van der Waals surface area contributed by atoms with Crippen molar-refractivity contribution in [2.24, 2.45) is 0 Å². The van der Waals surface area contributed by atoms with Gasteiger partial charge in [-0.05, 0) is 58.4 Å². The van der Waals surface area contributed by atoms with E-state index >= 15 is 0 Å². The molecular formula is C27H31N7O4S2. The number of hydrogen-bond donors (Lipinski definition) is 1. The van der Waals surface area contributed by atoms with Crippen molar-refractivity contribution < 1.29 is 19.1 Å². The number of benzene rings is 1. The highest BCUT2D eigenvalue weighted by atomic mass is 32.1. The zero-order valence-electron chi connectivity index (χ0n) is 23.2. The molecule has 0 atom stereocenters. The van der Waals surface area contributed by atoms with Crippen LogP contribution in [0.2, 0.25) is 0 Å². The van der Waals surface area contributed by atoms with Crippen molar-refractivity contribution in [2.75, 3.05) is 37.0 Å². The number of ether oxygens (including phenoxy) is 2. The van der Waals surface area contributed by atoms with Crippen molar-refractivity contribution in [1.29, 1.82) is 0 Å². The molecule has 5 rings (SSSR count). The second kappa shape index (κ2) is 11.0. The average molecular weight is 582 g/mol. The van der Waals surface area contributed by atoms with Crippen LogP contribution in [0.1, 0.15) is 54.5 Å². The van der Waals surface area contributed by atoms with E-state index in [4.69, 9.17) is 9.47 Å². The summed E-state index contributed by atoms with van der Waals surface area (Å²) in [7, 11) is 1.83. The lowest BCUT2D eigenvalue weighted by Crippen LogP contribution is -2.50. The van der Waals surface area contributed by atoms with E-state index in [9.17, 15) is 9.59 Å². The van der Waals surface area contributed by atoms with E-state index in [-0.39, 0.29) is 24.3 Å². The molecule has 0 radical (unpaired) electrons. The lowest BCUT2D eigenvalue weighted by Gasteiger charge is -2.39. The van der Waals surface area contributed by atoms with Crippen LogP contribution < -0.4 is 10.2 Å². The molecule has 1 N–H and O–H groups in total. The van der Waals surface area contributed by atoms with Crippen molar-refractivity contribution in [3.63, 3.8) is 0 Å². The van der Waals surface area contributed by atoms with E-state index in [1.54, 1.807) is 28.1 Å². The molecule has 210 valence electrons. The minimum absolute atomic E-state index is 0.0419. The van der Waals surface area contributed by atoms with Gasteiger partial charge in [-0.3, -0.25) is 0 Å². The van der Waals surface area contributed by atoms with Gasteiger partial charge in [0.05, 0.1) is 16.8 Å². The second-order valence-electron chi connectivity index (χ2n) is 10.4. The fourth-order valence-electron chi connectivity index (χ4n) is 4.09. The number of aromatic nitrogens is 4. The molecule has 0 bridgehead atoms. The summed E-state index contributed by atoms with van der Waals surface area (Å²) in [5.74, 6) is 0.661. The number of anilines is 4. The van der Waals surface area contributed by atoms with E-state index in [0.29, 0.717) is 29.9 Å². The highest BCUT2D eigenvalue weighted by Crippen LogP contribution is 2.39. The Balaban J connectivity index is 1.34. The number of likely N-dealkylation sites (tertiary alicyclic amines) is 1. The van der Waals surface area contributed by atoms with E-state index in [2.05, 4.69) is 25.5 Å². The largest absolute Gasteiger partial charge is 0.461 e. The maximum atomic E-state index is 12.8. The Morgan fingerprint density at radius 1 is 1.15 bits per heavy atom. The number of thiazole rings is 2. The molecule has 4 heterocycles. The van der Waals surface area contributed by atoms with Crippen molar-refractivity contribution >= 4 is 66.9 Å². The van der Waals surface area contributed by atoms with E-state index < -0.39 is 11.6 Å². The van der Waals surface area contributed by atoms with Crippen molar-refractivity contribution in [2.45, 2.75) is 46.1 Å². The number of hydrogen-bond acceptors (Lipinski definition) is 12. The Labute approximate surface area is 240 Å². The summed E-state index contributed by atoms with van der Waals surface area (Å²) in [6, 6.07) is 9.85. The highest BCUT2D eigenvalue weighted by molar-refractivity contribution is 7.22. The molecule has 1 aliphatic heterocycles. The number of rotatable bonds is 7. The molecule has 0 unspecified atom stereocenters. The van der Waals surface area contributed by atoms with Crippen molar-refractivity contribution in [3.05, 3.63) is 46.5 Å². The predicted molar refractivity (Wildman–Crippen MR) is 156 cm³/mol. The number of amides is 1. The van der Waals surface area contributed by atoms with Gasteiger partial charge in [0.2, 0.25) is 0 Å². The normalized spacial score (nSPS) is 13.7. The zero-order valence-corrected chi connectivity index (χ0v) is 24.9. The van der Waals surface area contributed by atoms with Gasteiger partial charge in [-0.2, -0.15) is 0 Å². The van der Waals surface area contributed by atoms with Gasteiger partial charge in [-0.1, -0.05) is 23.5 Å². The zero-order chi connectivity index (χ0) is 28.6. The molecule has 1 saturated heterocycles. The first kappa shape index (κ1) is 27.7. The fourth-order valence-corrected chi connectivity index (χ4v) is 6.06. The molecule has 0 saturated carbocycles. The third kappa shape index (κ3) is 5.85. The summed E-state index contributed by atoms with van der Waals surface area (Å²) < 4.78 is 11.8. The molecule has 1 aliphatic rings. The Bertz CT molecular complexity index is 1520. The molecule has 1 fully saturated rings. The smallest absolute Gasteiger partial charge is 0.410 e. The minimum Gasteiger partial charge on any atom is -0.461 e. The van der Waals surface area contributed by atoms with E-state index in [1.165, 1.54) is 11.3 Å². The monoisotopic (exact) mass is 581 g/mol. The predicted octanol–water partition coefficient (Wildman–Crippen LogP) is 5.87. The summed E-state index contributed by atoms with van der Waals surface area (Å²) in [6.07, 6.45) is -0.367. The Morgan fingerprint density at radius 2 is 1.90 bits per heavy atom. The van der Waals surface area contributed by atoms with Crippen LogP contribution in [0.25, 0.3) is 10.2 Å². The van der Waals surface area contributed by atoms with Crippen LogP contribution >= 0.6 is 22.7 Å². The number of carbonyl (C=O) groups is 2. The molecule has 0 aliphatic carbocycles. The maximum Gasteiger partial charge on any atom is 0.410 e. The molecular weight excluding hydrogens is 550 g/mol. The lowest BCUT2D eigenvalue weighted by molar-refractivity contribution is 0.00837. The van der Waals surface area contributed by atoms with Crippen LogP contribution in [0.15, 0.2) is 30.3 Å². The number of carbonyl (C=O) groups excluding carboxylic acids is 2. The highest BCUT2D eigenvalue weighted by Gasteiger charge is 2.39. The van der Waals surface area contributed by atoms with Crippen molar-refractivity contribution in [3.8, 4) is 0 Å². The molecule has 1 amide bonds. The first-order chi connectivity index (χ1) is 19.0. The maximum absolute atomic E-state index is 12.8. The standard InChI is InChI=1S/C27H31N7O4S2/c1-7-37-23(35)20-21(16-13-34(14-16)26(36)38-27(3,4)5)40-25(29-20)33(6)19-12-15(2)22(32-31-19)30-24-28-17-10-8-9-11-18(17)39-24/h8-12,16H,7,13-14H2,1-6H3,(H,28,30,32). The molecule has 4 aromatic rings. The van der Waals surface area contributed by atoms with Gasteiger partial charge in [0, 0.05) is 30.9 Å². The van der Waals surface area contributed by atoms with Crippen LogP contribution in [0.5, 0.6) is 0 Å². The number of fused-ring (bicyclic) bond motifs is 1. The first-order valence-corrected chi connectivity index (χ1v) is 14.5. The number of para-hydroxylation sites is 1. The summed E-state index contributed by atoms with van der Waals surface area (Å²) in [4.78, 5) is 38.6. The van der Waals surface area contributed by atoms with Gasteiger partial charge in [0.1, 0.15) is 5.60 Å². The molecule has 3 aromatic heterocycles. The second-order valence-corrected chi connectivity index (χ2v) is 12.5. The van der Waals surface area contributed by atoms with Gasteiger partial charge in [-0.25, -0.2) is 19.6 Å². The first-order valence-electron chi connectivity index (χ1n) is 12.9. The van der Waals surface area contributed by atoms with Crippen LogP contribution in [0.3, 0.4) is 0 Å². The summed E-state index contributed by atoms with van der Waals surface area (Å²) in [6.45, 7) is 10.3. The SMILES string of the molecule is CCOC(=O)c1nc(N(C)c2cc(C)c(Nc3nc4ccccc4s3)nn2)sc1C1CN(C(=O)OC(C)(C)C)C1. The topological polar surface area (TPSA) is 123 Å². The average Bonchev–Trinajstić information content (AvgIpc) is 3.47. The number of nitrogens with zero attached hydrogens (tertiary/aromatic N) is 6. The minimum atomic E-state index is -0.572. The molecule has 11 nitrogen and oxygen atoms in total. The molecule has 0 spiro atoms. The Morgan fingerprint density at radius 3 is 2.58 bits per heavy atom. The van der Waals surface area contributed by atoms with Gasteiger partial charge in [0.15, 0.2) is 27.6 Å². The van der Waals surface area contributed by atoms with Gasteiger partial charge in [0.25, 0.3) is 0 Å². The van der Waals surface area contributed by atoms with E-state index in [0.717, 1.165) is 25.8 Å². The molecule has 1 aromatic carbocycles. The molecule has 13 heteroatoms. The van der Waals surface area contributed by atoms with Crippen LogP contribution in [-0.4, -0.2) is 69.5 Å². The van der Waals surface area contributed by atoms with Gasteiger partial charge in [-0.15, -0.1) is 21.5 Å². The summed E-state index contributed by atoms with van der Waals surface area (Å²) in [5.41, 5.74) is 1.50. The van der Waals surface area contributed by atoms with Crippen LogP contribution in [0, 0.1) is 6.92 Å². The summed E-state index contributed by atoms with van der Waals surface area (Å²) >= 11 is 2.93. The van der Waals surface area contributed by atoms with Crippen molar-refractivity contribution in [1.82, 2.24) is 25.1 Å². The van der Waals surface area contributed by atoms with Gasteiger partial charge < -0.3 is 24.6 Å². The van der Waals surface area contributed by atoms with E-state index in [1.807, 2.05) is 65.1 Å². The quantitative estimate of drug-likeness (QED) is 0.265. The fraction of sp³-hybridized carbons (Fsp3) is 0.407. The number of esters is 1. The van der Waals surface area contributed by atoms with Crippen LogP contribution in [0.4, 0.5) is 26.7 Å². The van der Waals surface area contributed by atoms with Crippen LogP contribution in [-0.2, 0) is 9.47 Å².